The first kappa shape index (κ1) is 12.3. The molecule has 0 bridgehead atoms. The van der Waals surface area contributed by atoms with Gasteiger partial charge in [-0.1, -0.05) is 12.1 Å². The lowest BCUT2D eigenvalue weighted by molar-refractivity contribution is 0.0760. The molecule has 3 N–H and O–H groups in total. The Hall–Kier alpha value is -1.14. The lowest BCUT2D eigenvalue weighted by Crippen LogP contribution is -2.49. The molecule has 17 heavy (non-hydrogen) atoms. The predicted molar refractivity (Wildman–Crippen MR) is 61.7 cm³/mol. The topological polar surface area (TPSA) is 71.0 Å². The van der Waals surface area contributed by atoms with Crippen LogP contribution in [0.5, 0.6) is 5.75 Å². The summed E-state index contributed by atoms with van der Waals surface area (Å²) in [6, 6.07) is 7.47. The predicted octanol–water partition coefficient (Wildman–Crippen LogP) is 0.0370. The molecule has 1 atom stereocenters. The van der Waals surface area contributed by atoms with E-state index in [2.05, 4.69) is 5.32 Å². The molecule has 1 aromatic rings. The lowest BCUT2D eigenvalue weighted by Gasteiger charge is -2.23. The fraction of sp³-hybridized carbons (Fsp3) is 0.500. The maximum atomic E-state index is 9.24. The molecular weight excluding hydrogens is 222 g/mol. The van der Waals surface area contributed by atoms with E-state index in [0.717, 1.165) is 11.3 Å². The van der Waals surface area contributed by atoms with Crippen molar-refractivity contribution in [2.45, 2.75) is 11.8 Å². The van der Waals surface area contributed by atoms with E-state index in [4.69, 9.17) is 9.47 Å². The Morgan fingerprint density at radius 2 is 2.00 bits per heavy atom. The smallest absolute Gasteiger partial charge is 0.135 e. The van der Waals surface area contributed by atoms with Crippen LogP contribution in [-0.2, 0) is 4.74 Å². The van der Waals surface area contributed by atoms with Gasteiger partial charge in [0.2, 0.25) is 0 Å². The van der Waals surface area contributed by atoms with E-state index < -0.39 is 5.54 Å². The summed E-state index contributed by atoms with van der Waals surface area (Å²) in [5, 5.41) is 21.6. The van der Waals surface area contributed by atoms with Crippen molar-refractivity contribution in [3.05, 3.63) is 29.8 Å². The third kappa shape index (κ3) is 2.42. The summed E-state index contributed by atoms with van der Waals surface area (Å²) < 4.78 is 10.6. The molecule has 1 unspecified atom stereocenters. The number of hydrogen-bond acceptors (Lipinski definition) is 5. The third-order valence-electron chi connectivity index (χ3n) is 2.99. The minimum atomic E-state index is -0.745. The SMILES string of the molecule is COc1ccc(C2NC(CO)(CO)CO2)cc1. The minimum absolute atomic E-state index is 0.157. The molecule has 0 radical (unpaired) electrons. The van der Waals surface area contributed by atoms with Gasteiger partial charge in [0.25, 0.3) is 0 Å². The summed E-state index contributed by atoms with van der Waals surface area (Å²) in [5.41, 5.74) is 0.194. The average molecular weight is 239 g/mol. The van der Waals surface area contributed by atoms with Gasteiger partial charge in [0.1, 0.15) is 12.0 Å². The van der Waals surface area contributed by atoms with Gasteiger partial charge in [-0.3, -0.25) is 5.32 Å². The second-order valence-corrected chi connectivity index (χ2v) is 4.21. The molecule has 0 spiro atoms. The van der Waals surface area contributed by atoms with E-state index in [9.17, 15) is 10.2 Å². The van der Waals surface area contributed by atoms with Gasteiger partial charge in [-0.25, -0.2) is 0 Å². The maximum Gasteiger partial charge on any atom is 0.135 e. The number of nitrogens with one attached hydrogen (secondary N) is 1. The zero-order chi connectivity index (χ0) is 12.3. The summed E-state index contributed by atoms with van der Waals surface area (Å²) in [4.78, 5) is 0. The highest BCUT2D eigenvalue weighted by Crippen LogP contribution is 2.27. The Kier molecular flexibility index (Phi) is 3.63. The van der Waals surface area contributed by atoms with E-state index in [1.54, 1.807) is 7.11 Å². The van der Waals surface area contributed by atoms with Crippen molar-refractivity contribution >= 4 is 0 Å². The van der Waals surface area contributed by atoms with Crippen molar-refractivity contribution in [2.75, 3.05) is 26.9 Å². The summed E-state index contributed by atoms with van der Waals surface area (Å²) in [6.07, 6.45) is -0.305. The Morgan fingerprint density at radius 1 is 1.35 bits per heavy atom. The van der Waals surface area contributed by atoms with Crippen LogP contribution in [0.1, 0.15) is 11.8 Å². The van der Waals surface area contributed by atoms with Crippen LogP contribution in [0.25, 0.3) is 0 Å². The monoisotopic (exact) mass is 239 g/mol. The summed E-state index contributed by atoms with van der Waals surface area (Å²) >= 11 is 0. The Morgan fingerprint density at radius 3 is 2.47 bits per heavy atom. The highest BCUT2D eigenvalue weighted by atomic mass is 16.5. The fourth-order valence-corrected chi connectivity index (χ4v) is 1.80. The van der Waals surface area contributed by atoms with Gasteiger partial charge in [-0.2, -0.15) is 0 Å². The molecule has 1 fully saturated rings. The first-order valence-corrected chi connectivity index (χ1v) is 5.48. The van der Waals surface area contributed by atoms with E-state index in [0.29, 0.717) is 0 Å². The molecule has 1 saturated heterocycles. The van der Waals surface area contributed by atoms with Crippen LogP contribution in [0.15, 0.2) is 24.3 Å². The average Bonchev–Trinajstić information content (AvgIpc) is 2.84. The van der Waals surface area contributed by atoms with Crippen molar-refractivity contribution in [3.8, 4) is 5.75 Å². The van der Waals surface area contributed by atoms with Crippen molar-refractivity contribution in [1.82, 2.24) is 5.32 Å². The zero-order valence-electron chi connectivity index (χ0n) is 9.72. The lowest BCUT2D eigenvalue weighted by atomic mass is 10.0. The number of rotatable bonds is 4. The molecule has 0 aromatic heterocycles. The quantitative estimate of drug-likeness (QED) is 0.692. The molecule has 2 rings (SSSR count). The van der Waals surface area contributed by atoms with Crippen LogP contribution in [0.3, 0.4) is 0 Å². The molecular formula is C12H17NO4. The van der Waals surface area contributed by atoms with Gasteiger partial charge in [0.05, 0.1) is 32.5 Å². The Bertz CT molecular complexity index is 361. The third-order valence-corrected chi connectivity index (χ3v) is 2.99. The van der Waals surface area contributed by atoms with E-state index in [-0.39, 0.29) is 26.0 Å². The summed E-state index contributed by atoms with van der Waals surface area (Å²) in [7, 11) is 1.61. The molecule has 1 aromatic carbocycles. The van der Waals surface area contributed by atoms with Gasteiger partial charge in [0.15, 0.2) is 0 Å². The Labute approximate surface area is 100.0 Å². The zero-order valence-corrected chi connectivity index (χ0v) is 9.72. The molecule has 0 saturated carbocycles. The fourth-order valence-electron chi connectivity index (χ4n) is 1.80. The van der Waals surface area contributed by atoms with Crippen LogP contribution in [0.4, 0.5) is 0 Å². The molecule has 0 aliphatic carbocycles. The largest absolute Gasteiger partial charge is 0.497 e. The highest BCUT2D eigenvalue weighted by molar-refractivity contribution is 5.29. The van der Waals surface area contributed by atoms with Crippen LogP contribution >= 0.6 is 0 Å². The van der Waals surface area contributed by atoms with Crippen LogP contribution < -0.4 is 10.1 Å². The number of hydrogen-bond donors (Lipinski definition) is 3. The number of methoxy groups -OCH3 is 1. The Balaban J connectivity index is 2.09. The normalized spacial score (nSPS) is 22.6. The van der Waals surface area contributed by atoms with Crippen LogP contribution in [0, 0.1) is 0 Å². The van der Waals surface area contributed by atoms with E-state index in [1.807, 2.05) is 24.3 Å². The summed E-state index contributed by atoms with van der Waals surface area (Å²) in [5.74, 6) is 0.780. The van der Waals surface area contributed by atoms with E-state index in [1.165, 1.54) is 0 Å². The van der Waals surface area contributed by atoms with Crippen molar-refractivity contribution in [3.63, 3.8) is 0 Å². The second kappa shape index (κ2) is 5.01. The molecule has 1 heterocycles. The highest BCUT2D eigenvalue weighted by Gasteiger charge is 2.39. The molecule has 1 aliphatic rings. The standard InChI is InChI=1S/C12H17NO4/c1-16-10-4-2-9(3-5-10)11-13-12(6-14,7-15)8-17-11/h2-5,11,13-15H,6-8H2,1H3. The molecule has 0 amide bonds. The second-order valence-electron chi connectivity index (χ2n) is 4.21. The first-order valence-electron chi connectivity index (χ1n) is 5.48. The minimum Gasteiger partial charge on any atom is -0.497 e. The van der Waals surface area contributed by atoms with Crippen LogP contribution in [-0.4, -0.2) is 42.7 Å². The first-order chi connectivity index (χ1) is 8.23. The molecule has 5 heteroatoms. The number of aliphatic hydroxyl groups excluding tert-OH is 2. The molecule has 1 aliphatic heterocycles. The number of ether oxygens (including phenoxy) is 2. The van der Waals surface area contributed by atoms with Gasteiger partial charge < -0.3 is 19.7 Å². The van der Waals surface area contributed by atoms with Gasteiger partial charge >= 0.3 is 0 Å². The number of benzene rings is 1. The van der Waals surface area contributed by atoms with Crippen molar-refractivity contribution in [2.24, 2.45) is 0 Å². The van der Waals surface area contributed by atoms with E-state index >= 15 is 0 Å². The van der Waals surface area contributed by atoms with Gasteiger partial charge in [-0.05, 0) is 17.7 Å². The molecule has 5 nitrogen and oxygen atoms in total. The number of aliphatic hydroxyl groups is 2. The van der Waals surface area contributed by atoms with Crippen LogP contribution in [0.2, 0.25) is 0 Å². The molecule has 94 valence electrons. The van der Waals surface area contributed by atoms with Crippen molar-refractivity contribution in [1.29, 1.82) is 0 Å². The maximum absolute atomic E-state index is 9.24. The summed E-state index contributed by atoms with van der Waals surface area (Å²) in [6.45, 7) is -0.0248. The van der Waals surface area contributed by atoms with Crippen molar-refractivity contribution < 1.29 is 19.7 Å². The van der Waals surface area contributed by atoms with Gasteiger partial charge in [-0.15, -0.1) is 0 Å². The van der Waals surface area contributed by atoms with Gasteiger partial charge in [0, 0.05) is 0 Å².